The number of nitrogens with two attached hydrogens (primary N) is 1. The number of nitrogens with one attached hydrogen (secondary N) is 5. The molecule has 1 aliphatic rings. The molecule has 1 fully saturated rings. The van der Waals surface area contributed by atoms with Crippen LogP contribution in [0, 0.1) is 5.92 Å². The number of carboxylic acid groups (broad SMARTS) is 2. The third-order valence-corrected chi connectivity index (χ3v) is 5.78. The number of β-amino-alcohol motifs (C(OH)–C–C–N with tert-alkyl or cyclic N) is 1. The Bertz CT molecular complexity index is 927. The van der Waals surface area contributed by atoms with Gasteiger partial charge in [-0.2, -0.15) is 0 Å². The van der Waals surface area contributed by atoms with Gasteiger partial charge in [0.2, 0.25) is 29.5 Å². The van der Waals surface area contributed by atoms with E-state index in [0.717, 1.165) is 0 Å². The zero-order valence-corrected chi connectivity index (χ0v) is 21.9. The summed E-state index contributed by atoms with van der Waals surface area (Å²) < 4.78 is 0. The first-order chi connectivity index (χ1) is 18.2. The molecule has 1 heterocycles. The van der Waals surface area contributed by atoms with Crippen molar-refractivity contribution < 1.29 is 48.9 Å². The highest BCUT2D eigenvalue weighted by atomic mass is 16.4. The first kappa shape index (κ1) is 33.2. The van der Waals surface area contributed by atoms with Crippen LogP contribution in [0.3, 0.4) is 0 Å². The fourth-order valence-electron chi connectivity index (χ4n) is 3.78. The molecule has 0 aromatic rings. The van der Waals surface area contributed by atoms with Crippen LogP contribution in [-0.2, 0) is 33.6 Å². The fourth-order valence-corrected chi connectivity index (χ4v) is 3.78. The predicted octanol–water partition coefficient (Wildman–Crippen LogP) is -3.46. The lowest BCUT2D eigenvalue weighted by molar-refractivity contribution is -0.143. The summed E-state index contributed by atoms with van der Waals surface area (Å²) in [5.74, 6) is -6.68. The van der Waals surface area contributed by atoms with Gasteiger partial charge in [-0.1, -0.05) is 13.8 Å². The second-order valence-electron chi connectivity index (χ2n) is 9.72. The van der Waals surface area contributed by atoms with Gasteiger partial charge in [-0.05, 0) is 31.6 Å². The van der Waals surface area contributed by atoms with Crippen LogP contribution in [0.25, 0.3) is 0 Å². The van der Waals surface area contributed by atoms with Gasteiger partial charge in [0, 0.05) is 19.4 Å². The van der Waals surface area contributed by atoms with E-state index in [1.54, 1.807) is 13.8 Å². The number of amides is 5. The van der Waals surface area contributed by atoms with Gasteiger partial charge in [0.15, 0.2) is 0 Å². The van der Waals surface area contributed by atoms with Gasteiger partial charge in [0.05, 0.1) is 18.7 Å². The van der Waals surface area contributed by atoms with E-state index < -0.39 is 84.7 Å². The van der Waals surface area contributed by atoms with Gasteiger partial charge in [0.1, 0.15) is 18.1 Å². The number of hydrogen-bond acceptors (Lipinski definition) is 9. The summed E-state index contributed by atoms with van der Waals surface area (Å²) in [7, 11) is 0. The minimum Gasteiger partial charge on any atom is -0.481 e. The molecule has 0 aromatic heterocycles. The molecule has 39 heavy (non-hydrogen) atoms. The summed E-state index contributed by atoms with van der Waals surface area (Å²) in [6.45, 7) is 3.18. The van der Waals surface area contributed by atoms with E-state index >= 15 is 0 Å². The maximum atomic E-state index is 13.0. The van der Waals surface area contributed by atoms with Crippen molar-refractivity contribution in [1.82, 2.24) is 26.6 Å². The first-order valence-corrected chi connectivity index (χ1v) is 12.5. The second kappa shape index (κ2) is 16.2. The van der Waals surface area contributed by atoms with Gasteiger partial charge in [-0.3, -0.25) is 28.8 Å². The quantitative estimate of drug-likeness (QED) is 0.0846. The van der Waals surface area contributed by atoms with Crippen LogP contribution in [0.15, 0.2) is 0 Å². The monoisotopic (exact) mass is 558 g/mol. The number of rotatable bonds is 17. The molecule has 5 atom stereocenters. The molecule has 1 aliphatic heterocycles. The van der Waals surface area contributed by atoms with E-state index in [4.69, 9.17) is 10.8 Å². The minimum absolute atomic E-state index is 0.0824. The highest BCUT2D eigenvalue weighted by Gasteiger charge is 2.31. The van der Waals surface area contributed by atoms with Crippen LogP contribution in [-0.4, -0.2) is 100 Å². The maximum absolute atomic E-state index is 13.0. The number of hydrogen-bond donors (Lipinski definition) is 9. The zero-order chi connectivity index (χ0) is 29.7. The third-order valence-electron chi connectivity index (χ3n) is 5.78. The van der Waals surface area contributed by atoms with Crippen LogP contribution in [0.1, 0.15) is 52.4 Å². The smallest absolute Gasteiger partial charge is 0.326 e. The molecule has 0 unspecified atom stereocenters. The molecule has 0 aliphatic carbocycles. The number of aliphatic hydroxyl groups excluding tert-OH is 1. The molecule has 0 aromatic carbocycles. The van der Waals surface area contributed by atoms with Crippen molar-refractivity contribution in [2.24, 2.45) is 11.7 Å². The summed E-state index contributed by atoms with van der Waals surface area (Å²) in [5, 5.41) is 40.0. The Morgan fingerprint density at radius 3 is 1.95 bits per heavy atom. The molecule has 0 saturated carbocycles. The average Bonchev–Trinajstić information content (AvgIpc) is 3.27. The summed E-state index contributed by atoms with van der Waals surface area (Å²) in [6, 6.07) is -4.83. The number of primary amides is 1. The van der Waals surface area contributed by atoms with Gasteiger partial charge >= 0.3 is 11.9 Å². The molecule has 16 nitrogen and oxygen atoms in total. The van der Waals surface area contributed by atoms with Crippen molar-refractivity contribution in [3.05, 3.63) is 0 Å². The molecule has 5 amide bonds. The van der Waals surface area contributed by atoms with Crippen LogP contribution >= 0.6 is 0 Å². The van der Waals surface area contributed by atoms with Crippen LogP contribution in [0.5, 0.6) is 0 Å². The zero-order valence-electron chi connectivity index (χ0n) is 21.9. The molecule has 220 valence electrons. The van der Waals surface area contributed by atoms with Crippen molar-refractivity contribution in [3.63, 3.8) is 0 Å². The van der Waals surface area contributed by atoms with E-state index in [1.807, 2.05) is 0 Å². The lowest BCUT2D eigenvalue weighted by atomic mass is 10.0. The molecule has 10 N–H and O–H groups in total. The summed E-state index contributed by atoms with van der Waals surface area (Å²) >= 11 is 0. The molecule has 0 spiro atoms. The summed E-state index contributed by atoms with van der Waals surface area (Å²) in [5.41, 5.74) is 5.15. The Morgan fingerprint density at radius 1 is 0.897 bits per heavy atom. The highest BCUT2D eigenvalue weighted by Crippen LogP contribution is 2.08. The fraction of sp³-hybridized carbons (Fsp3) is 0.696. The number of carbonyl (C=O) groups is 7. The van der Waals surface area contributed by atoms with E-state index in [-0.39, 0.29) is 44.6 Å². The first-order valence-electron chi connectivity index (χ1n) is 12.5. The van der Waals surface area contributed by atoms with Crippen molar-refractivity contribution in [2.75, 3.05) is 13.1 Å². The molecular weight excluding hydrogens is 520 g/mol. The van der Waals surface area contributed by atoms with Crippen molar-refractivity contribution >= 4 is 41.5 Å². The maximum Gasteiger partial charge on any atom is 0.326 e. The lowest BCUT2D eigenvalue weighted by Crippen LogP contribution is -2.56. The van der Waals surface area contributed by atoms with Crippen molar-refractivity contribution in [3.8, 4) is 0 Å². The van der Waals surface area contributed by atoms with Crippen LogP contribution in [0.4, 0.5) is 0 Å². The van der Waals surface area contributed by atoms with E-state index in [2.05, 4.69) is 26.6 Å². The molecular formula is C23H38N6O10. The summed E-state index contributed by atoms with van der Waals surface area (Å²) in [6.07, 6.45) is -1.96. The molecule has 0 bridgehead atoms. The Morgan fingerprint density at radius 2 is 1.46 bits per heavy atom. The van der Waals surface area contributed by atoms with Crippen LogP contribution < -0.4 is 32.3 Å². The number of carbonyl (C=O) groups excluding carboxylic acids is 5. The standard InChI is InChI=1S/C23H38N6O10/c1-11(2)7-16(23(38)39)29-22(37)14(4-6-19(33)34)28-21(36)13(3-5-17(24)31)27-18(32)10-26-20(35)15-8-12(30)9-25-15/h11-16,25,30H,3-10H2,1-2H3,(H2,24,31)(H,26,35)(H,27,32)(H,28,36)(H,29,37)(H,33,34)(H,38,39)/t12-,13+,14+,15+,16+/m1/s1. The van der Waals surface area contributed by atoms with E-state index in [9.17, 15) is 43.8 Å². The van der Waals surface area contributed by atoms with Crippen molar-refractivity contribution in [2.45, 2.75) is 82.6 Å². The second-order valence-corrected chi connectivity index (χ2v) is 9.72. The Labute approximate surface area is 224 Å². The molecule has 0 radical (unpaired) electrons. The highest BCUT2D eigenvalue weighted by molar-refractivity contribution is 5.95. The topological polar surface area (TPSA) is 266 Å². The Hall–Kier alpha value is -3.79. The number of carboxylic acids is 2. The van der Waals surface area contributed by atoms with Gasteiger partial charge in [0.25, 0.3) is 0 Å². The number of aliphatic carboxylic acids is 2. The van der Waals surface area contributed by atoms with Crippen LogP contribution in [0.2, 0.25) is 0 Å². The van der Waals surface area contributed by atoms with Crippen molar-refractivity contribution in [1.29, 1.82) is 0 Å². The van der Waals surface area contributed by atoms with Gasteiger partial charge in [-0.25, -0.2) is 4.79 Å². The number of aliphatic hydroxyl groups is 1. The normalized spacial score (nSPS) is 18.9. The summed E-state index contributed by atoms with van der Waals surface area (Å²) in [4.78, 5) is 84.3. The Kier molecular flexibility index (Phi) is 13.8. The third kappa shape index (κ3) is 13.0. The SMILES string of the molecule is CC(C)C[C@H](NC(=O)[C@H](CCC(=O)O)NC(=O)[C@H](CCC(N)=O)NC(=O)CNC(=O)[C@@H]1C[C@@H](O)CN1)C(=O)O. The molecule has 1 rings (SSSR count). The minimum atomic E-state index is -1.46. The average molecular weight is 559 g/mol. The van der Waals surface area contributed by atoms with Gasteiger partial charge < -0.3 is 47.6 Å². The van der Waals surface area contributed by atoms with Gasteiger partial charge in [-0.15, -0.1) is 0 Å². The van der Waals surface area contributed by atoms with E-state index in [1.165, 1.54) is 0 Å². The Balaban J connectivity index is 2.91. The molecule has 1 saturated heterocycles. The lowest BCUT2D eigenvalue weighted by Gasteiger charge is -2.24. The molecule has 16 heteroatoms. The largest absolute Gasteiger partial charge is 0.481 e. The predicted molar refractivity (Wildman–Crippen MR) is 134 cm³/mol. The van der Waals surface area contributed by atoms with E-state index in [0.29, 0.717) is 0 Å².